The number of halogens is 4. The first-order chi connectivity index (χ1) is 61.7. The van der Waals surface area contributed by atoms with Crippen molar-refractivity contribution in [3.8, 4) is 23.0 Å². The third kappa shape index (κ3) is 14.4. The Labute approximate surface area is 750 Å². The fourth-order valence-electron chi connectivity index (χ4n) is 27.9. The van der Waals surface area contributed by atoms with Gasteiger partial charge in [0.15, 0.2) is 0 Å². The third-order valence-electron chi connectivity index (χ3n) is 34.1. The molecule has 8 heterocycles. The van der Waals surface area contributed by atoms with E-state index in [0.717, 1.165) is 104 Å². The maximum Gasteiger partial charge on any atom is 0.322 e. The van der Waals surface area contributed by atoms with Crippen LogP contribution in [0.4, 0.5) is 36.7 Å². The molecule has 8 aliphatic carbocycles. The molecule has 4 saturated carbocycles. The minimum absolute atomic E-state index is 0.0633. The number of likely N-dealkylation sites (tertiary alicyclic amines) is 4. The molecule has 32 heteroatoms. The van der Waals surface area contributed by atoms with E-state index in [1.807, 2.05) is 41.3 Å². The van der Waals surface area contributed by atoms with Crippen molar-refractivity contribution in [1.29, 1.82) is 0 Å². The lowest BCUT2D eigenvalue weighted by atomic mass is 9.46. The summed E-state index contributed by atoms with van der Waals surface area (Å²) in [7, 11) is 0. The van der Waals surface area contributed by atoms with Crippen molar-refractivity contribution in [3.05, 3.63) is 189 Å². The van der Waals surface area contributed by atoms with E-state index >= 15 is 0 Å². The van der Waals surface area contributed by atoms with Crippen molar-refractivity contribution in [2.24, 2.45) is 0 Å². The Bertz CT molecular complexity index is 5580. The van der Waals surface area contributed by atoms with Gasteiger partial charge in [-0.3, -0.25) is 60.0 Å². The van der Waals surface area contributed by atoms with E-state index in [9.17, 15) is 96.8 Å². The highest BCUT2D eigenvalue weighted by Crippen LogP contribution is 2.66. The summed E-state index contributed by atoms with van der Waals surface area (Å²) in [5.74, 6) is -6.42. The molecule has 8 aliphatic heterocycles. The summed E-state index contributed by atoms with van der Waals surface area (Å²) >= 11 is 0. The molecular weight excluding hydrogens is 1680 g/mol. The van der Waals surface area contributed by atoms with E-state index in [0.29, 0.717) is 129 Å². The summed E-state index contributed by atoms with van der Waals surface area (Å²) in [6.07, 6.45) is 11.4. The van der Waals surface area contributed by atoms with Gasteiger partial charge < -0.3 is 62.1 Å². The molecule has 8 bridgehead atoms. The number of aromatic hydroxyl groups is 4. The molecule has 692 valence electrons. The topological polar surface area (TPSA) is 408 Å². The van der Waals surface area contributed by atoms with Crippen LogP contribution >= 0.6 is 0 Å². The second-order valence-corrected chi connectivity index (χ2v) is 40.9. The number of hydrogen-bond acceptors (Lipinski definition) is 20. The van der Waals surface area contributed by atoms with Gasteiger partial charge in [-0.2, -0.15) is 0 Å². The molecule has 12 fully saturated rings. The number of amides is 12. The number of piperidine rings is 4. The smallest absolute Gasteiger partial charge is 0.322 e. The summed E-state index contributed by atoms with van der Waals surface area (Å²) in [6.45, 7) is 6.88. The molecule has 130 heavy (non-hydrogen) atoms. The number of nitrogens with one attached hydrogen (secondary N) is 8. The van der Waals surface area contributed by atoms with Crippen LogP contribution < -0.4 is 42.5 Å². The van der Waals surface area contributed by atoms with Gasteiger partial charge in [0.05, 0.1) is 22.4 Å². The number of phenolic OH excluding ortho intramolecular Hbond substituents is 4. The van der Waals surface area contributed by atoms with Crippen LogP contribution in [-0.2, 0) is 79.4 Å². The third-order valence-corrected chi connectivity index (χ3v) is 34.1. The van der Waals surface area contributed by atoms with Crippen LogP contribution in [-0.4, -0.2) is 241 Å². The average Bonchev–Trinajstić information content (AvgIpc) is 1.07. The molecule has 6 aromatic rings. The number of phenols is 4. The van der Waals surface area contributed by atoms with Gasteiger partial charge in [-0.15, -0.1) is 0 Å². The van der Waals surface area contributed by atoms with E-state index in [2.05, 4.69) is 106 Å². The van der Waals surface area contributed by atoms with Crippen molar-refractivity contribution in [2.45, 2.75) is 283 Å². The predicted molar refractivity (Wildman–Crippen MR) is 467 cm³/mol. The Balaban J connectivity index is 0.000000112. The Morgan fingerprint density at radius 1 is 0.331 bits per heavy atom. The quantitative estimate of drug-likeness (QED) is 0.0359. The van der Waals surface area contributed by atoms with Crippen LogP contribution in [0.1, 0.15) is 198 Å². The standard InChI is InChI=1S/C27H31N3O4.C26H29N3O4.C23H29F2N3O4.C22H27F2N3O4/c31-20-9-8-19-15-22-27(34)11-10-26(23(32)28-24(33)29-26)17-25(27,21(19)16-20)12-14-30(22)13-4-7-18-5-2-1-3-6-18;30-19-7-6-18-14-21-26(33)10-9-25(22(31)27-23(32)28-25)16-24(26,20(18)15-19)11-13-29(21)12-8-17-4-2-1-3-5-17;1-20(24,25)5-2-9-28-10-8-21-13-22(18(30)26-19(31)27-22)6-7-23(21,32)17(28)11-14-3-4-15(29)12-16(14)21;1-19(23,24)6-8-27-9-7-20-12-21(17(29)25-18(30)26-21)4-5-22(20,31)16(27)10-13-2-3-14(28)11-15(13)20/h1-3,5-6,8-9,16,22,31,34H,4,7,10-15,17H2,(H2,28,29,32,33);1-7,15,21,30,33H,8-14,16H2,(H2,27,28,31,32);3-4,12,17,29,32H,2,5-11,13H2,1H3,(H2,26,27,30,31);2-3,11,16,28,31H,4-10,12H2,1H3,(H2,25,26,29,30)/t22-,25-,26+,27-;21-,24-,25+,26-;17-,21-,22+,23-;16-,20-,21+,22-/m1111/s1. The molecule has 22 rings (SSSR count). The summed E-state index contributed by atoms with van der Waals surface area (Å²) in [4.78, 5) is 108. The van der Waals surface area contributed by atoms with Crippen molar-refractivity contribution in [2.75, 3.05) is 52.4 Å². The van der Waals surface area contributed by atoms with Gasteiger partial charge in [0.1, 0.15) is 45.2 Å². The zero-order valence-corrected chi connectivity index (χ0v) is 73.2. The summed E-state index contributed by atoms with van der Waals surface area (Å²) in [5.41, 5.74) is -1.68. The second-order valence-electron chi connectivity index (χ2n) is 40.9. The first-order valence-electron chi connectivity index (χ1n) is 46.2. The number of alkyl halides is 4. The number of benzene rings is 6. The van der Waals surface area contributed by atoms with Crippen molar-refractivity contribution >= 4 is 47.8 Å². The Morgan fingerprint density at radius 2 is 0.600 bits per heavy atom. The number of carbonyl (C=O) groups is 8. The SMILES string of the molecule is CC(F)(F)CCCN1CC[C@]23C[C@]4(CC[C@@]2(O)[C@H]1Cc1ccc(O)cc13)NC(=O)NC4=O.CC(F)(F)CCN1CC[C@]23C[C@]4(CC[C@@]2(O)[C@H]1Cc1ccc(O)cc13)NC(=O)NC4=O.O=C1NC(=O)[C@@]2(CC[C@@]3(O)[C@H]4Cc5ccc(O)cc5[C@@]3(CCN4CCCc3ccccc3)C2)N1.O=C1NC(=O)[C@@]2(CC[C@@]3(O)[C@H]4Cc5ccc(O)cc5[C@@]3(CCN4CCc3ccccc3)C2)N1. The number of fused-ring (bicyclic) bond motifs is 4. The first-order valence-corrected chi connectivity index (χ1v) is 46.2. The van der Waals surface area contributed by atoms with Crippen LogP contribution in [0.5, 0.6) is 23.0 Å². The van der Waals surface area contributed by atoms with Crippen LogP contribution in [0.3, 0.4) is 0 Å². The zero-order chi connectivity index (χ0) is 91.6. The number of hydrogen-bond donors (Lipinski definition) is 16. The molecule has 16 N–H and O–H groups in total. The minimum atomic E-state index is -2.79. The van der Waals surface area contributed by atoms with E-state index in [1.54, 1.807) is 48.5 Å². The molecule has 28 nitrogen and oxygen atoms in total. The van der Waals surface area contributed by atoms with Gasteiger partial charge >= 0.3 is 24.1 Å². The largest absolute Gasteiger partial charge is 0.508 e. The lowest BCUT2D eigenvalue weighted by molar-refractivity contribution is -0.182. The fraction of sp³-hybridized carbons (Fsp3) is 0.551. The first kappa shape index (κ1) is 88.9. The van der Waals surface area contributed by atoms with E-state index in [1.165, 1.54) is 11.1 Å². The van der Waals surface area contributed by atoms with Gasteiger partial charge in [-0.25, -0.2) is 36.7 Å². The molecule has 6 aromatic carbocycles. The molecule has 16 atom stereocenters. The van der Waals surface area contributed by atoms with E-state index < -0.39 is 108 Å². The lowest BCUT2D eigenvalue weighted by Crippen LogP contribution is -2.76. The van der Waals surface area contributed by atoms with Crippen LogP contribution in [0.25, 0.3) is 0 Å². The molecule has 4 spiro atoms. The summed E-state index contributed by atoms with van der Waals surface area (Å²) < 4.78 is 53.9. The van der Waals surface area contributed by atoms with Crippen LogP contribution in [0.2, 0.25) is 0 Å². The highest BCUT2D eigenvalue weighted by atomic mass is 19.3. The van der Waals surface area contributed by atoms with Crippen LogP contribution in [0, 0.1) is 0 Å². The lowest BCUT2D eigenvalue weighted by Gasteiger charge is -2.65. The van der Waals surface area contributed by atoms with Gasteiger partial charge in [0.2, 0.25) is 11.8 Å². The number of urea groups is 4. The summed E-state index contributed by atoms with van der Waals surface area (Å²) in [5, 5.41) is 111. The predicted octanol–water partition coefficient (Wildman–Crippen LogP) is 8.37. The fourth-order valence-corrected chi connectivity index (χ4v) is 27.9. The molecule has 8 saturated heterocycles. The van der Waals surface area contributed by atoms with Crippen molar-refractivity contribution < 1.29 is 96.8 Å². The number of nitrogens with zero attached hydrogens (tertiary/aromatic N) is 4. The summed E-state index contributed by atoms with van der Waals surface area (Å²) in [6, 6.07) is 39.1. The Hall–Kier alpha value is -10.3. The van der Waals surface area contributed by atoms with E-state index in [-0.39, 0.29) is 110 Å². The number of aryl methyl sites for hydroxylation is 1. The number of imide groups is 4. The maximum absolute atomic E-state index is 13.6. The van der Waals surface area contributed by atoms with Gasteiger partial charge in [0, 0.05) is 71.8 Å². The highest BCUT2D eigenvalue weighted by Gasteiger charge is 2.75. The van der Waals surface area contributed by atoms with Crippen LogP contribution in [0.15, 0.2) is 133 Å². The molecule has 0 radical (unpaired) electrons. The molecule has 12 amide bonds. The number of aliphatic hydroxyl groups is 4. The minimum Gasteiger partial charge on any atom is -0.508 e. The van der Waals surface area contributed by atoms with Gasteiger partial charge in [0.25, 0.3) is 23.6 Å². The average molecular weight is 1790 g/mol. The maximum atomic E-state index is 13.6. The number of carbonyl (C=O) groups excluding carboxylic acids is 8. The van der Waals surface area contributed by atoms with Crippen molar-refractivity contribution in [3.63, 3.8) is 0 Å². The molecule has 16 aliphatic rings. The molecule has 0 unspecified atom stereocenters. The molecular formula is C98H116F4N12O16. The highest BCUT2D eigenvalue weighted by molar-refractivity contribution is 6.09. The van der Waals surface area contributed by atoms with Gasteiger partial charge in [-0.05, 0) is 311 Å². The normalized spacial score (nSPS) is 35.7. The Kier molecular flexibility index (Phi) is 21.7. The van der Waals surface area contributed by atoms with Crippen molar-refractivity contribution in [1.82, 2.24) is 62.1 Å². The van der Waals surface area contributed by atoms with Gasteiger partial charge in [-0.1, -0.05) is 84.9 Å². The van der Waals surface area contributed by atoms with E-state index in [4.69, 9.17) is 0 Å². The monoisotopic (exact) mass is 1790 g/mol. The molecule has 0 aromatic heterocycles. The number of rotatable bonds is 14. The zero-order valence-electron chi connectivity index (χ0n) is 73.2. The Morgan fingerprint density at radius 3 is 0.877 bits per heavy atom. The second kappa shape index (κ2) is 31.7.